The van der Waals surface area contributed by atoms with Crippen LogP contribution in [0.3, 0.4) is 0 Å². The Morgan fingerprint density at radius 2 is 2.26 bits per heavy atom. The third kappa shape index (κ3) is 4.02. The Morgan fingerprint density at radius 3 is 2.95 bits per heavy atom. The van der Waals surface area contributed by atoms with Crippen LogP contribution in [0.5, 0.6) is 0 Å². The van der Waals surface area contributed by atoms with Gasteiger partial charge in [0.15, 0.2) is 0 Å². The van der Waals surface area contributed by atoms with Crippen molar-refractivity contribution in [3.63, 3.8) is 0 Å². The van der Waals surface area contributed by atoms with Gasteiger partial charge in [0, 0.05) is 18.2 Å². The molecule has 0 bridgehead atoms. The first kappa shape index (κ1) is 14.5. The van der Waals surface area contributed by atoms with Gasteiger partial charge in [-0.15, -0.1) is 0 Å². The molecule has 2 nitrogen and oxygen atoms in total. The van der Waals surface area contributed by atoms with E-state index in [0.717, 1.165) is 43.5 Å². The summed E-state index contributed by atoms with van der Waals surface area (Å²) in [7, 11) is 0. The molecule has 19 heavy (non-hydrogen) atoms. The van der Waals surface area contributed by atoms with Crippen molar-refractivity contribution in [2.45, 2.75) is 51.7 Å². The van der Waals surface area contributed by atoms with Crippen LogP contribution in [-0.2, 0) is 4.74 Å². The maximum atomic E-state index is 14.0. The Kier molecular flexibility index (Phi) is 5.34. The van der Waals surface area contributed by atoms with Gasteiger partial charge < -0.3 is 10.1 Å². The molecule has 1 heterocycles. The van der Waals surface area contributed by atoms with Gasteiger partial charge in [0.25, 0.3) is 0 Å². The Bertz CT molecular complexity index is 402. The molecular weight excluding hydrogens is 241 g/mol. The lowest BCUT2D eigenvalue weighted by molar-refractivity contribution is 0.00494. The zero-order valence-corrected chi connectivity index (χ0v) is 11.9. The number of ether oxygens (including phenoxy) is 1. The van der Waals surface area contributed by atoms with E-state index in [1.54, 1.807) is 6.07 Å². The van der Waals surface area contributed by atoms with Crippen LogP contribution in [0.4, 0.5) is 4.39 Å². The lowest BCUT2D eigenvalue weighted by Crippen LogP contribution is -2.29. The average molecular weight is 265 g/mol. The first-order valence-corrected chi connectivity index (χ1v) is 7.31. The second-order valence-corrected chi connectivity index (χ2v) is 5.36. The normalized spacial score (nSPS) is 21.3. The molecule has 2 rings (SSSR count). The minimum absolute atomic E-state index is 0.0491. The van der Waals surface area contributed by atoms with Crippen molar-refractivity contribution in [1.82, 2.24) is 5.32 Å². The van der Waals surface area contributed by atoms with Crippen molar-refractivity contribution in [1.29, 1.82) is 0 Å². The van der Waals surface area contributed by atoms with Gasteiger partial charge >= 0.3 is 0 Å². The highest BCUT2D eigenvalue weighted by atomic mass is 19.1. The smallest absolute Gasteiger partial charge is 0.127 e. The van der Waals surface area contributed by atoms with Crippen molar-refractivity contribution >= 4 is 0 Å². The summed E-state index contributed by atoms with van der Waals surface area (Å²) in [6.07, 6.45) is 4.59. The summed E-state index contributed by atoms with van der Waals surface area (Å²) in [5.74, 6) is -0.118. The van der Waals surface area contributed by atoms with Crippen LogP contribution < -0.4 is 5.32 Å². The molecular formula is C16H24FNO. The van der Waals surface area contributed by atoms with Gasteiger partial charge in [-0.25, -0.2) is 4.39 Å². The Hall–Kier alpha value is -0.930. The van der Waals surface area contributed by atoms with E-state index in [2.05, 4.69) is 12.2 Å². The lowest BCUT2D eigenvalue weighted by atomic mass is 9.95. The zero-order valence-electron chi connectivity index (χ0n) is 11.9. The molecule has 0 amide bonds. The number of halogens is 1. The van der Waals surface area contributed by atoms with Crippen LogP contribution in [0.15, 0.2) is 18.2 Å². The third-order valence-corrected chi connectivity index (χ3v) is 3.75. The van der Waals surface area contributed by atoms with Crippen molar-refractivity contribution in [2.75, 3.05) is 13.2 Å². The number of hydrogen-bond acceptors (Lipinski definition) is 2. The minimum atomic E-state index is -0.118. The molecule has 0 aliphatic carbocycles. The summed E-state index contributed by atoms with van der Waals surface area (Å²) in [6.45, 7) is 5.75. The number of benzene rings is 1. The van der Waals surface area contributed by atoms with E-state index in [1.807, 2.05) is 19.1 Å². The summed E-state index contributed by atoms with van der Waals surface area (Å²) in [4.78, 5) is 0. The largest absolute Gasteiger partial charge is 0.378 e. The van der Waals surface area contributed by atoms with Gasteiger partial charge in [-0.05, 0) is 45.2 Å². The molecule has 1 aliphatic heterocycles. The quantitative estimate of drug-likeness (QED) is 0.875. The highest BCUT2D eigenvalue weighted by molar-refractivity contribution is 5.27. The molecule has 1 N–H and O–H groups in total. The van der Waals surface area contributed by atoms with Crippen LogP contribution in [0.1, 0.15) is 49.8 Å². The molecule has 1 aromatic carbocycles. The van der Waals surface area contributed by atoms with E-state index in [-0.39, 0.29) is 18.0 Å². The highest BCUT2D eigenvalue weighted by Crippen LogP contribution is 2.27. The van der Waals surface area contributed by atoms with Crippen LogP contribution in [0.2, 0.25) is 0 Å². The van der Waals surface area contributed by atoms with E-state index in [1.165, 1.54) is 6.42 Å². The van der Waals surface area contributed by atoms with Crippen LogP contribution in [0, 0.1) is 12.7 Å². The van der Waals surface area contributed by atoms with Crippen molar-refractivity contribution in [3.05, 3.63) is 35.1 Å². The van der Waals surface area contributed by atoms with E-state index in [9.17, 15) is 4.39 Å². The van der Waals surface area contributed by atoms with Gasteiger partial charge in [0.1, 0.15) is 5.82 Å². The molecule has 3 heteroatoms. The predicted molar refractivity (Wildman–Crippen MR) is 75.8 cm³/mol. The molecule has 1 aromatic rings. The molecule has 1 saturated heterocycles. The molecule has 1 aliphatic rings. The van der Waals surface area contributed by atoms with E-state index < -0.39 is 0 Å². The fourth-order valence-corrected chi connectivity index (χ4v) is 2.75. The van der Waals surface area contributed by atoms with Crippen molar-refractivity contribution in [2.24, 2.45) is 0 Å². The molecule has 0 spiro atoms. The SMILES string of the molecule is CCNC(CC1CCCCO1)c1cc(C)ccc1F. The summed E-state index contributed by atoms with van der Waals surface area (Å²) < 4.78 is 19.8. The summed E-state index contributed by atoms with van der Waals surface area (Å²) >= 11 is 0. The first-order valence-electron chi connectivity index (χ1n) is 7.31. The van der Waals surface area contributed by atoms with Crippen LogP contribution in [0.25, 0.3) is 0 Å². The van der Waals surface area contributed by atoms with Crippen LogP contribution in [-0.4, -0.2) is 19.3 Å². The fourth-order valence-electron chi connectivity index (χ4n) is 2.75. The van der Waals surface area contributed by atoms with Gasteiger partial charge in [-0.1, -0.05) is 24.6 Å². The number of hydrogen-bond donors (Lipinski definition) is 1. The van der Waals surface area contributed by atoms with Gasteiger partial charge in [-0.2, -0.15) is 0 Å². The summed E-state index contributed by atoms with van der Waals surface area (Å²) in [5.41, 5.74) is 1.87. The molecule has 0 aromatic heterocycles. The molecule has 106 valence electrons. The van der Waals surface area contributed by atoms with Gasteiger partial charge in [0.2, 0.25) is 0 Å². The second-order valence-electron chi connectivity index (χ2n) is 5.36. The molecule has 0 saturated carbocycles. The van der Waals surface area contributed by atoms with Gasteiger partial charge in [0.05, 0.1) is 6.10 Å². The molecule has 0 radical (unpaired) electrons. The molecule has 2 atom stereocenters. The Labute approximate surface area is 115 Å². The average Bonchev–Trinajstić information content (AvgIpc) is 2.42. The predicted octanol–water partition coefficient (Wildman–Crippen LogP) is 3.74. The summed E-state index contributed by atoms with van der Waals surface area (Å²) in [5, 5.41) is 3.39. The van der Waals surface area contributed by atoms with Crippen LogP contribution >= 0.6 is 0 Å². The number of nitrogens with one attached hydrogen (secondary N) is 1. The molecule has 1 fully saturated rings. The monoisotopic (exact) mass is 265 g/mol. The zero-order chi connectivity index (χ0) is 13.7. The maximum absolute atomic E-state index is 14.0. The number of rotatable bonds is 5. The Balaban J connectivity index is 2.11. The topological polar surface area (TPSA) is 21.3 Å². The van der Waals surface area contributed by atoms with E-state index >= 15 is 0 Å². The van der Waals surface area contributed by atoms with E-state index in [0.29, 0.717) is 0 Å². The van der Waals surface area contributed by atoms with Crippen molar-refractivity contribution < 1.29 is 9.13 Å². The molecule has 2 unspecified atom stereocenters. The lowest BCUT2D eigenvalue weighted by Gasteiger charge is -2.28. The first-order chi connectivity index (χ1) is 9.20. The minimum Gasteiger partial charge on any atom is -0.378 e. The Morgan fingerprint density at radius 1 is 1.42 bits per heavy atom. The fraction of sp³-hybridized carbons (Fsp3) is 0.625. The van der Waals surface area contributed by atoms with Gasteiger partial charge in [-0.3, -0.25) is 0 Å². The number of aryl methyl sites for hydroxylation is 1. The van der Waals surface area contributed by atoms with Crippen molar-refractivity contribution in [3.8, 4) is 0 Å². The summed E-state index contributed by atoms with van der Waals surface area (Å²) in [6, 6.07) is 5.38. The van der Waals surface area contributed by atoms with E-state index in [4.69, 9.17) is 4.74 Å². The maximum Gasteiger partial charge on any atom is 0.127 e. The third-order valence-electron chi connectivity index (χ3n) is 3.75. The standard InChI is InChI=1S/C16H24FNO/c1-3-18-16(11-13-6-4-5-9-19-13)14-10-12(2)7-8-15(14)17/h7-8,10,13,16,18H,3-6,9,11H2,1-2H3. The highest BCUT2D eigenvalue weighted by Gasteiger charge is 2.22. The second kappa shape index (κ2) is 7.01.